The minimum atomic E-state index is -4.01. The lowest BCUT2D eigenvalue weighted by molar-refractivity contribution is -0.182. The quantitative estimate of drug-likeness (QED) is 0.838. The molecule has 21 heavy (non-hydrogen) atoms. The van der Waals surface area contributed by atoms with Crippen molar-refractivity contribution in [2.24, 2.45) is 11.8 Å². The molecule has 0 heterocycles. The molecule has 0 saturated heterocycles. The highest BCUT2D eigenvalue weighted by Gasteiger charge is 2.42. The fraction of sp³-hybridized carbons (Fsp3) is 0.647. The topological polar surface area (TPSA) is 12.0 Å². The molecule has 4 heteroatoms. The first-order valence-corrected chi connectivity index (χ1v) is 7.92. The van der Waals surface area contributed by atoms with Crippen molar-refractivity contribution in [3.63, 3.8) is 0 Å². The first-order valence-electron chi connectivity index (χ1n) is 7.92. The highest BCUT2D eigenvalue weighted by molar-refractivity contribution is 5.21. The number of benzene rings is 1. The van der Waals surface area contributed by atoms with E-state index < -0.39 is 12.1 Å². The second-order valence-electron chi connectivity index (χ2n) is 6.48. The average Bonchev–Trinajstić information content (AvgIpc) is 3.30. The van der Waals surface area contributed by atoms with E-state index in [1.165, 1.54) is 18.4 Å². The molecule has 0 bridgehead atoms. The summed E-state index contributed by atoms with van der Waals surface area (Å²) in [6, 6.07) is 10.9. The van der Waals surface area contributed by atoms with Crippen LogP contribution >= 0.6 is 0 Å². The Kier molecular flexibility index (Phi) is 4.25. The van der Waals surface area contributed by atoms with Gasteiger partial charge in [0.05, 0.1) is 5.92 Å². The number of hydrogen-bond donors (Lipinski definition) is 1. The maximum Gasteiger partial charge on any atom is 0.391 e. The van der Waals surface area contributed by atoms with Crippen molar-refractivity contribution >= 4 is 0 Å². The molecule has 1 aromatic carbocycles. The summed E-state index contributed by atoms with van der Waals surface area (Å²) in [6.07, 6.45) is 0.260. The maximum atomic E-state index is 12.7. The highest BCUT2D eigenvalue weighted by Crippen LogP contribution is 2.43. The van der Waals surface area contributed by atoms with Gasteiger partial charge >= 0.3 is 6.18 Å². The molecule has 0 aromatic heterocycles. The minimum Gasteiger partial charge on any atom is -0.307 e. The zero-order chi connectivity index (χ0) is 14.9. The summed E-state index contributed by atoms with van der Waals surface area (Å²) >= 11 is 0. The Morgan fingerprint density at radius 1 is 0.905 bits per heavy atom. The first kappa shape index (κ1) is 14.9. The Hall–Kier alpha value is -1.03. The Bertz CT molecular complexity index is 445. The number of halogens is 3. The third kappa shape index (κ3) is 3.79. The summed E-state index contributed by atoms with van der Waals surface area (Å²) in [4.78, 5) is 0. The number of hydrogen-bond acceptors (Lipinski definition) is 1. The maximum absolute atomic E-state index is 12.7. The molecule has 0 radical (unpaired) electrons. The van der Waals surface area contributed by atoms with Gasteiger partial charge in [0.1, 0.15) is 0 Å². The van der Waals surface area contributed by atoms with Crippen molar-refractivity contribution in [1.29, 1.82) is 0 Å². The summed E-state index contributed by atoms with van der Waals surface area (Å²) in [5.41, 5.74) is 1.28. The minimum absolute atomic E-state index is 0.231. The van der Waals surface area contributed by atoms with E-state index in [1.807, 2.05) is 18.2 Å². The van der Waals surface area contributed by atoms with Crippen molar-refractivity contribution in [1.82, 2.24) is 5.32 Å². The SMILES string of the molecule is FC(F)(F)C1CCC(NC(c2ccccc2)C2CC2)CC1. The van der Waals surface area contributed by atoms with E-state index >= 15 is 0 Å². The van der Waals surface area contributed by atoms with Crippen LogP contribution in [0.2, 0.25) is 0 Å². The van der Waals surface area contributed by atoms with E-state index in [0.29, 0.717) is 24.8 Å². The molecule has 1 unspecified atom stereocenters. The molecule has 0 amide bonds. The third-order valence-electron chi connectivity index (χ3n) is 4.86. The van der Waals surface area contributed by atoms with E-state index in [2.05, 4.69) is 17.4 Å². The van der Waals surface area contributed by atoms with Crippen LogP contribution in [0, 0.1) is 11.8 Å². The summed E-state index contributed by atoms with van der Waals surface area (Å²) in [5.74, 6) is -0.431. The van der Waals surface area contributed by atoms with Crippen LogP contribution in [-0.2, 0) is 0 Å². The third-order valence-corrected chi connectivity index (χ3v) is 4.86. The second-order valence-corrected chi connectivity index (χ2v) is 6.48. The molecular weight excluding hydrogens is 275 g/mol. The van der Waals surface area contributed by atoms with E-state index in [0.717, 1.165) is 0 Å². The second kappa shape index (κ2) is 5.99. The normalized spacial score (nSPS) is 28.3. The van der Waals surface area contributed by atoms with Crippen LogP contribution in [0.4, 0.5) is 13.2 Å². The molecule has 2 aliphatic rings. The van der Waals surface area contributed by atoms with Gasteiger partial charge in [0.25, 0.3) is 0 Å². The Labute approximate surface area is 123 Å². The zero-order valence-electron chi connectivity index (χ0n) is 12.1. The molecule has 2 saturated carbocycles. The molecule has 3 rings (SSSR count). The summed E-state index contributed by atoms with van der Waals surface area (Å²) < 4.78 is 38.1. The lowest BCUT2D eigenvalue weighted by Crippen LogP contribution is -2.39. The zero-order valence-corrected chi connectivity index (χ0v) is 12.1. The molecule has 2 fully saturated rings. The van der Waals surface area contributed by atoms with Crippen LogP contribution in [0.15, 0.2) is 30.3 Å². The summed E-state index contributed by atoms with van der Waals surface area (Å²) in [5, 5.41) is 3.64. The van der Waals surface area contributed by atoms with Crippen LogP contribution in [0.5, 0.6) is 0 Å². The van der Waals surface area contributed by atoms with Crippen molar-refractivity contribution in [3.05, 3.63) is 35.9 Å². The van der Waals surface area contributed by atoms with Crippen LogP contribution < -0.4 is 5.32 Å². The van der Waals surface area contributed by atoms with Gasteiger partial charge in [-0.1, -0.05) is 30.3 Å². The van der Waals surface area contributed by atoms with Gasteiger partial charge in [-0.25, -0.2) is 0 Å². The van der Waals surface area contributed by atoms with Gasteiger partial charge in [0.2, 0.25) is 0 Å². The number of alkyl halides is 3. The standard InChI is InChI=1S/C17H22F3N/c18-17(19,20)14-8-10-15(11-9-14)21-16(13-6-7-13)12-4-2-1-3-5-12/h1-5,13-16,21H,6-11H2. The van der Waals surface area contributed by atoms with Crippen LogP contribution in [0.3, 0.4) is 0 Å². The molecule has 1 aromatic rings. The van der Waals surface area contributed by atoms with Gasteiger partial charge in [-0.05, 0) is 50.0 Å². The van der Waals surface area contributed by atoms with Gasteiger partial charge in [-0.15, -0.1) is 0 Å². The summed E-state index contributed by atoms with van der Waals surface area (Å²) in [6.45, 7) is 0. The van der Waals surface area contributed by atoms with Gasteiger partial charge in [-0.3, -0.25) is 0 Å². The average molecular weight is 297 g/mol. The first-order chi connectivity index (χ1) is 10.0. The fourth-order valence-electron chi connectivity index (χ4n) is 3.44. The Balaban J connectivity index is 1.58. The largest absolute Gasteiger partial charge is 0.391 e. The Morgan fingerprint density at radius 2 is 1.52 bits per heavy atom. The van der Waals surface area contributed by atoms with Crippen molar-refractivity contribution in [2.75, 3.05) is 0 Å². The van der Waals surface area contributed by atoms with Gasteiger partial charge < -0.3 is 5.32 Å². The van der Waals surface area contributed by atoms with E-state index in [1.54, 1.807) is 0 Å². The van der Waals surface area contributed by atoms with E-state index in [9.17, 15) is 13.2 Å². The molecule has 2 aliphatic carbocycles. The number of rotatable bonds is 4. The monoisotopic (exact) mass is 297 g/mol. The van der Waals surface area contributed by atoms with Gasteiger partial charge in [0.15, 0.2) is 0 Å². The molecule has 1 N–H and O–H groups in total. The Morgan fingerprint density at radius 3 is 2.05 bits per heavy atom. The predicted octanol–water partition coefficient (Wildman–Crippen LogP) is 4.85. The van der Waals surface area contributed by atoms with E-state index in [4.69, 9.17) is 0 Å². The number of nitrogens with one attached hydrogen (secondary N) is 1. The smallest absolute Gasteiger partial charge is 0.307 e. The molecule has 0 spiro atoms. The van der Waals surface area contributed by atoms with Crippen LogP contribution in [-0.4, -0.2) is 12.2 Å². The van der Waals surface area contributed by atoms with Gasteiger partial charge in [0, 0.05) is 12.1 Å². The molecule has 1 nitrogen and oxygen atoms in total. The lowest BCUT2D eigenvalue weighted by atomic mass is 9.85. The van der Waals surface area contributed by atoms with Crippen molar-refractivity contribution in [2.45, 2.75) is 56.8 Å². The molecule has 0 aliphatic heterocycles. The van der Waals surface area contributed by atoms with Crippen LogP contribution in [0.25, 0.3) is 0 Å². The van der Waals surface area contributed by atoms with Crippen LogP contribution in [0.1, 0.15) is 50.1 Å². The molecule has 1 atom stereocenters. The lowest BCUT2D eigenvalue weighted by Gasteiger charge is -2.33. The van der Waals surface area contributed by atoms with Crippen molar-refractivity contribution < 1.29 is 13.2 Å². The molecule has 116 valence electrons. The van der Waals surface area contributed by atoms with Crippen molar-refractivity contribution in [3.8, 4) is 0 Å². The predicted molar refractivity (Wildman–Crippen MR) is 76.8 cm³/mol. The van der Waals surface area contributed by atoms with Gasteiger partial charge in [-0.2, -0.15) is 13.2 Å². The highest BCUT2D eigenvalue weighted by atomic mass is 19.4. The fourth-order valence-corrected chi connectivity index (χ4v) is 3.44. The van der Waals surface area contributed by atoms with E-state index in [-0.39, 0.29) is 18.9 Å². The molecular formula is C17H22F3N. The summed E-state index contributed by atoms with van der Waals surface area (Å²) in [7, 11) is 0.